The lowest BCUT2D eigenvalue weighted by atomic mass is 9.97. The molecule has 2 rings (SSSR count). The molecule has 0 radical (unpaired) electrons. The van der Waals surface area contributed by atoms with Crippen LogP contribution in [-0.4, -0.2) is 28.7 Å². The van der Waals surface area contributed by atoms with Crippen LogP contribution in [0.15, 0.2) is 28.7 Å². The lowest BCUT2D eigenvalue weighted by molar-refractivity contribution is -0.202. The normalized spacial score (nSPS) is 19.7. The molecule has 1 fully saturated rings. The van der Waals surface area contributed by atoms with Crippen LogP contribution >= 0.6 is 15.9 Å². The molecular weight excluding hydrogens is 373 g/mol. The summed E-state index contributed by atoms with van der Waals surface area (Å²) >= 11 is 3.35. The van der Waals surface area contributed by atoms with Gasteiger partial charge in [0, 0.05) is 16.4 Å². The maximum Gasteiger partial charge on any atom is 0.405 e. The number of rotatable bonds is 5. The highest BCUT2D eigenvalue weighted by molar-refractivity contribution is 9.10. The molecule has 1 atom stereocenters. The Bertz CT molecular complexity index is 575. The second kappa shape index (κ2) is 6.81. The number of carbonyl (C=O) groups excluding carboxylic acids is 1. The average molecular weight is 393 g/mol. The van der Waals surface area contributed by atoms with Gasteiger partial charge in [-0.3, -0.25) is 10.2 Å². The van der Waals surface area contributed by atoms with Gasteiger partial charge < -0.3 is 0 Å². The van der Waals surface area contributed by atoms with Gasteiger partial charge in [0.05, 0.1) is 0 Å². The van der Waals surface area contributed by atoms with Gasteiger partial charge in [-0.25, -0.2) is 5.01 Å². The summed E-state index contributed by atoms with van der Waals surface area (Å²) in [4.78, 5) is 11.5. The van der Waals surface area contributed by atoms with Gasteiger partial charge in [0.1, 0.15) is 6.04 Å². The van der Waals surface area contributed by atoms with Gasteiger partial charge >= 0.3 is 6.18 Å². The molecule has 23 heavy (non-hydrogen) atoms. The molecule has 0 bridgehead atoms. The van der Waals surface area contributed by atoms with Crippen LogP contribution in [0.5, 0.6) is 0 Å². The molecule has 0 unspecified atom stereocenters. The fourth-order valence-corrected chi connectivity index (χ4v) is 3.38. The van der Waals surface area contributed by atoms with E-state index in [2.05, 4.69) is 21.4 Å². The van der Waals surface area contributed by atoms with E-state index in [1.807, 2.05) is 24.3 Å². The quantitative estimate of drug-likeness (QED) is 0.813. The maximum atomic E-state index is 13.4. The van der Waals surface area contributed by atoms with Crippen molar-refractivity contribution >= 4 is 21.8 Å². The molecule has 1 aliphatic heterocycles. The Morgan fingerprint density at radius 1 is 1.39 bits per heavy atom. The molecule has 1 aromatic rings. The van der Waals surface area contributed by atoms with E-state index in [1.54, 1.807) is 13.8 Å². The molecule has 1 aromatic carbocycles. The molecule has 1 amide bonds. The van der Waals surface area contributed by atoms with Gasteiger partial charge in [0.25, 0.3) is 0 Å². The maximum absolute atomic E-state index is 13.4. The van der Waals surface area contributed by atoms with Crippen molar-refractivity contribution in [1.29, 1.82) is 0 Å². The Balaban J connectivity index is 2.04. The molecule has 7 heteroatoms. The van der Waals surface area contributed by atoms with Crippen molar-refractivity contribution in [2.24, 2.45) is 0 Å². The molecule has 1 N–H and O–H groups in total. The van der Waals surface area contributed by atoms with E-state index in [-0.39, 0.29) is 18.7 Å². The Kier molecular flexibility index (Phi) is 5.41. The zero-order valence-electron chi connectivity index (χ0n) is 13.1. The van der Waals surface area contributed by atoms with Crippen LogP contribution in [0.4, 0.5) is 13.2 Å². The Morgan fingerprint density at radius 2 is 2.09 bits per heavy atom. The third kappa shape index (κ3) is 4.70. The third-order valence-corrected chi connectivity index (χ3v) is 4.51. The van der Waals surface area contributed by atoms with Crippen molar-refractivity contribution in [3.8, 4) is 0 Å². The van der Waals surface area contributed by atoms with Gasteiger partial charge in [-0.15, -0.1) is 0 Å². The highest BCUT2D eigenvalue weighted by Crippen LogP contribution is 2.35. The monoisotopic (exact) mass is 392 g/mol. The zero-order valence-corrected chi connectivity index (χ0v) is 14.7. The van der Waals surface area contributed by atoms with E-state index < -0.39 is 17.8 Å². The topological polar surface area (TPSA) is 32.3 Å². The summed E-state index contributed by atoms with van der Waals surface area (Å²) < 4.78 is 41.2. The van der Waals surface area contributed by atoms with E-state index in [4.69, 9.17) is 0 Å². The van der Waals surface area contributed by atoms with Crippen LogP contribution in [0.25, 0.3) is 0 Å². The number of carbonyl (C=O) groups is 1. The fraction of sp³-hybridized carbons (Fsp3) is 0.562. The zero-order chi connectivity index (χ0) is 17.3. The summed E-state index contributed by atoms with van der Waals surface area (Å²) in [6.07, 6.45) is -3.41. The van der Waals surface area contributed by atoms with Crippen LogP contribution in [0, 0.1) is 0 Å². The molecule has 1 heterocycles. The summed E-state index contributed by atoms with van der Waals surface area (Å²) in [6, 6.07) is 5.88. The van der Waals surface area contributed by atoms with Crippen molar-refractivity contribution in [3.05, 3.63) is 34.3 Å². The SMILES string of the molecule is CC1(C)CC(=O)NN1[C@@H](CCCc1cccc(Br)c1)C(F)(F)F. The molecule has 0 aromatic heterocycles. The second-order valence-corrected chi connectivity index (χ2v) is 7.39. The number of nitrogens with one attached hydrogen (secondary N) is 1. The molecule has 0 aliphatic carbocycles. The smallest absolute Gasteiger partial charge is 0.288 e. The summed E-state index contributed by atoms with van der Waals surface area (Å²) in [5.74, 6) is -0.365. The van der Waals surface area contributed by atoms with E-state index >= 15 is 0 Å². The number of alkyl halides is 3. The highest BCUT2D eigenvalue weighted by atomic mass is 79.9. The third-order valence-electron chi connectivity index (χ3n) is 4.01. The van der Waals surface area contributed by atoms with Gasteiger partial charge in [-0.05, 0) is 50.8 Å². The van der Waals surface area contributed by atoms with Gasteiger partial charge in [0.2, 0.25) is 5.91 Å². The van der Waals surface area contributed by atoms with Crippen LogP contribution in [0.2, 0.25) is 0 Å². The lowest BCUT2D eigenvalue weighted by Gasteiger charge is -2.37. The lowest BCUT2D eigenvalue weighted by Crippen LogP contribution is -2.56. The Morgan fingerprint density at radius 3 is 2.61 bits per heavy atom. The summed E-state index contributed by atoms with van der Waals surface area (Å²) in [5.41, 5.74) is 2.53. The second-order valence-electron chi connectivity index (χ2n) is 6.47. The van der Waals surface area contributed by atoms with E-state index in [0.29, 0.717) is 12.8 Å². The number of halogens is 4. The first-order valence-corrected chi connectivity index (χ1v) is 8.29. The number of amides is 1. The molecule has 0 saturated carbocycles. The van der Waals surface area contributed by atoms with Crippen LogP contribution < -0.4 is 5.43 Å². The van der Waals surface area contributed by atoms with Crippen LogP contribution in [-0.2, 0) is 11.2 Å². The molecule has 0 spiro atoms. The van der Waals surface area contributed by atoms with Gasteiger partial charge in [-0.2, -0.15) is 13.2 Å². The highest BCUT2D eigenvalue weighted by Gasteiger charge is 2.51. The largest absolute Gasteiger partial charge is 0.405 e. The minimum absolute atomic E-state index is 0.0558. The van der Waals surface area contributed by atoms with Crippen molar-refractivity contribution in [2.75, 3.05) is 0 Å². The molecule has 1 aliphatic rings. The van der Waals surface area contributed by atoms with Crippen molar-refractivity contribution in [3.63, 3.8) is 0 Å². The fourth-order valence-electron chi connectivity index (χ4n) is 2.93. The van der Waals surface area contributed by atoms with Crippen molar-refractivity contribution < 1.29 is 18.0 Å². The first kappa shape index (κ1) is 18.3. The van der Waals surface area contributed by atoms with E-state index in [1.165, 1.54) is 0 Å². The standard InChI is InChI=1S/C16H20BrF3N2O/c1-15(2)10-14(23)21-22(15)13(16(18,19)20)8-4-6-11-5-3-7-12(17)9-11/h3,5,7,9,13H,4,6,8,10H2,1-2H3,(H,21,23)/t13-/m0/s1. The van der Waals surface area contributed by atoms with Crippen LogP contribution in [0.3, 0.4) is 0 Å². The number of hydrazine groups is 1. The van der Waals surface area contributed by atoms with E-state index in [9.17, 15) is 18.0 Å². The molecular formula is C16H20BrF3N2O. The Labute approximate surface area is 142 Å². The first-order chi connectivity index (χ1) is 10.6. The predicted octanol–water partition coefficient (Wildman–Crippen LogP) is 4.22. The van der Waals surface area contributed by atoms with Crippen LogP contribution in [0.1, 0.15) is 38.7 Å². The average Bonchev–Trinajstić information content (AvgIpc) is 2.66. The minimum atomic E-state index is -4.38. The first-order valence-electron chi connectivity index (χ1n) is 7.49. The van der Waals surface area contributed by atoms with Crippen molar-refractivity contribution in [1.82, 2.24) is 10.4 Å². The van der Waals surface area contributed by atoms with Gasteiger partial charge in [-0.1, -0.05) is 28.1 Å². The Hall–Kier alpha value is -1.08. The van der Waals surface area contributed by atoms with E-state index in [0.717, 1.165) is 15.0 Å². The summed E-state index contributed by atoms with van der Waals surface area (Å²) in [7, 11) is 0. The number of hydrogen-bond donors (Lipinski definition) is 1. The molecule has 128 valence electrons. The number of nitrogens with zero attached hydrogens (tertiary/aromatic N) is 1. The molecule has 1 saturated heterocycles. The predicted molar refractivity (Wildman–Crippen MR) is 85.6 cm³/mol. The number of benzene rings is 1. The summed E-state index contributed by atoms with van der Waals surface area (Å²) in [5, 5.41) is 1.08. The summed E-state index contributed by atoms with van der Waals surface area (Å²) in [6.45, 7) is 3.30. The molecule has 3 nitrogen and oxygen atoms in total. The van der Waals surface area contributed by atoms with Gasteiger partial charge in [0.15, 0.2) is 0 Å². The number of hydrogen-bond acceptors (Lipinski definition) is 2. The van der Waals surface area contributed by atoms with Crippen molar-refractivity contribution in [2.45, 2.75) is 57.3 Å². The minimum Gasteiger partial charge on any atom is -0.288 e. The number of aryl methyl sites for hydroxylation is 1.